The van der Waals surface area contributed by atoms with Crippen molar-refractivity contribution in [2.45, 2.75) is 13.5 Å². The molecule has 0 heterocycles. The van der Waals surface area contributed by atoms with Gasteiger partial charge in [0, 0.05) is 11.8 Å². The fourth-order valence-electron chi connectivity index (χ4n) is 2.43. The molecule has 0 spiro atoms. The first-order valence-electron chi connectivity index (χ1n) is 8.30. The van der Waals surface area contributed by atoms with E-state index in [9.17, 15) is 4.39 Å². The number of rotatable bonds is 6. The van der Waals surface area contributed by atoms with E-state index < -0.39 is 0 Å². The van der Waals surface area contributed by atoms with Gasteiger partial charge in [0.25, 0.3) is 0 Å². The molecule has 0 amide bonds. The second-order valence-corrected chi connectivity index (χ2v) is 5.88. The lowest BCUT2D eigenvalue weighted by Crippen LogP contribution is -2.00. The molecule has 0 unspecified atom stereocenters. The number of nitrogens with zero attached hydrogens (tertiary/aromatic N) is 1. The van der Waals surface area contributed by atoms with Gasteiger partial charge in [-0.2, -0.15) is 0 Å². The quantitative estimate of drug-likeness (QED) is 0.552. The zero-order chi connectivity index (χ0) is 18.4. The summed E-state index contributed by atoms with van der Waals surface area (Å²) < 4.78 is 24.8. The molecule has 0 saturated carbocycles. The molecule has 132 valence electrons. The van der Waals surface area contributed by atoms with Crippen molar-refractivity contribution in [3.8, 4) is 11.5 Å². The van der Waals surface area contributed by atoms with Crippen molar-refractivity contribution < 1.29 is 13.9 Å². The summed E-state index contributed by atoms with van der Waals surface area (Å²) in [5.41, 5.74) is 3.47. The minimum absolute atomic E-state index is 0.139. The number of hydrogen-bond acceptors (Lipinski definition) is 3. The molecule has 0 atom stereocenters. The molecular weight excluding hydrogens is 329 g/mol. The Morgan fingerprint density at radius 1 is 0.962 bits per heavy atom. The second kappa shape index (κ2) is 8.30. The first kappa shape index (κ1) is 17.7. The Balaban J connectivity index is 1.73. The summed E-state index contributed by atoms with van der Waals surface area (Å²) in [6, 6.07) is 20.1. The molecule has 3 nitrogen and oxygen atoms in total. The SMILES string of the molecule is COc1cc(C=Nc2ccc(C)cc2)ccc1OCc1ccccc1F. The minimum Gasteiger partial charge on any atom is -0.493 e. The van der Waals surface area contributed by atoms with Crippen LogP contribution < -0.4 is 9.47 Å². The van der Waals surface area contributed by atoms with Gasteiger partial charge in [-0.15, -0.1) is 0 Å². The van der Waals surface area contributed by atoms with Crippen LogP contribution in [0.3, 0.4) is 0 Å². The summed E-state index contributed by atoms with van der Waals surface area (Å²) >= 11 is 0. The van der Waals surface area contributed by atoms with Crippen LogP contribution in [0.4, 0.5) is 10.1 Å². The van der Waals surface area contributed by atoms with Gasteiger partial charge in [-0.1, -0.05) is 35.9 Å². The van der Waals surface area contributed by atoms with Crippen LogP contribution >= 0.6 is 0 Å². The average Bonchev–Trinajstić information content (AvgIpc) is 2.67. The van der Waals surface area contributed by atoms with Gasteiger partial charge in [0.15, 0.2) is 11.5 Å². The van der Waals surface area contributed by atoms with E-state index in [2.05, 4.69) is 4.99 Å². The van der Waals surface area contributed by atoms with Crippen molar-refractivity contribution in [1.82, 2.24) is 0 Å². The van der Waals surface area contributed by atoms with Crippen molar-refractivity contribution in [1.29, 1.82) is 0 Å². The normalized spacial score (nSPS) is 10.9. The molecule has 0 bridgehead atoms. The number of aliphatic imine (C=N–C) groups is 1. The van der Waals surface area contributed by atoms with Crippen LogP contribution in [-0.4, -0.2) is 13.3 Å². The van der Waals surface area contributed by atoms with Crippen molar-refractivity contribution in [2.75, 3.05) is 7.11 Å². The Morgan fingerprint density at radius 3 is 2.46 bits per heavy atom. The third kappa shape index (κ3) is 4.48. The lowest BCUT2D eigenvalue weighted by atomic mass is 10.2. The molecule has 3 rings (SSSR count). The predicted octanol–water partition coefficient (Wildman–Crippen LogP) is 5.47. The van der Waals surface area contributed by atoms with Crippen molar-refractivity contribution >= 4 is 11.9 Å². The molecular formula is C22H20FNO2. The maximum atomic E-state index is 13.7. The van der Waals surface area contributed by atoms with Gasteiger partial charge in [0.2, 0.25) is 0 Å². The molecule has 0 aromatic heterocycles. The molecule has 0 radical (unpaired) electrons. The first-order valence-corrected chi connectivity index (χ1v) is 8.30. The Bertz CT molecular complexity index is 904. The number of hydrogen-bond donors (Lipinski definition) is 0. The van der Waals surface area contributed by atoms with Crippen molar-refractivity contribution in [3.63, 3.8) is 0 Å². The Hall–Kier alpha value is -3.14. The number of ether oxygens (including phenoxy) is 2. The van der Waals surface area contributed by atoms with E-state index in [1.807, 2.05) is 43.3 Å². The summed E-state index contributed by atoms with van der Waals surface area (Å²) in [6.07, 6.45) is 1.77. The zero-order valence-electron chi connectivity index (χ0n) is 14.8. The average molecular weight is 349 g/mol. The Morgan fingerprint density at radius 2 is 1.73 bits per heavy atom. The largest absolute Gasteiger partial charge is 0.493 e. The van der Waals surface area contributed by atoms with Gasteiger partial charge in [-0.3, -0.25) is 4.99 Å². The lowest BCUT2D eigenvalue weighted by Gasteiger charge is -2.11. The molecule has 26 heavy (non-hydrogen) atoms. The Labute approximate surface area is 152 Å². The Kier molecular flexibility index (Phi) is 5.64. The third-order valence-corrected chi connectivity index (χ3v) is 3.93. The second-order valence-electron chi connectivity index (χ2n) is 5.88. The van der Waals surface area contributed by atoms with Crippen LogP contribution in [0, 0.1) is 12.7 Å². The summed E-state index contributed by atoms with van der Waals surface area (Å²) in [7, 11) is 1.58. The van der Waals surface area contributed by atoms with Crippen LogP contribution in [0.5, 0.6) is 11.5 Å². The van der Waals surface area contributed by atoms with Crippen LogP contribution in [0.2, 0.25) is 0 Å². The summed E-state index contributed by atoms with van der Waals surface area (Å²) in [5, 5.41) is 0. The molecule has 0 aliphatic rings. The van der Waals surface area contributed by atoms with Gasteiger partial charge in [-0.05, 0) is 48.9 Å². The lowest BCUT2D eigenvalue weighted by molar-refractivity contribution is 0.279. The van der Waals surface area contributed by atoms with Crippen LogP contribution in [0.15, 0.2) is 71.7 Å². The van der Waals surface area contributed by atoms with Crippen LogP contribution in [0.1, 0.15) is 16.7 Å². The molecule has 3 aromatic carbocycles. The molecule has 0 N–H and O–H groups in total. The number of aryl methyl sites for hydroxylation is 1. The highest BCUT2D eigenvalue weighted by Gasteiger charge is 2.07. The first-order chi connectivity index (χ1) is 12.7. The number of methoxy groups -OCH3 is 1. The van der Waals surface area contributed by atoms with E-state index >= 15 is 0 Å². The molecule has 0 saturated heterocycles. The number of halogens is 1. The van der Waals surface area contributed by atoms with Crippen molar-refractivity contribution in [3.05, 3.63) is 89.2 Å². The third-order valence-electron chi connectivity index (χ3n) is 3.93. The summed E-state index contributed by atoms with van der Waals surface area (Å²) in [4.78, 5) is 4.46. The van der Waals surface area contributed by atoms with Gasteiger partial charge < -0.3 is 9.47 Å². The smallest absolute Gasteiger partial charge is 0.161 e. The van der Waals surface area contributed by atoms with E-state index in [0.29, 0.717) is 17.1 Å². The fourth-order valence-corrected chi connectivity index (χ4v) is 2.43. The van der Waals surface area contributed by atoms with E-state index in [1.54, 1.807) is 37.6 Å². The van der Waals surface area contributed by atoms with Crippen molar-refractivity contribution in [2.24, 2.45) is 4.99 Å². The molecule has 3 aromatic rings. The van der Waals surface area contributed by atoms with E-state index in [1.165, 1.54) is 11.6 Å². The van der Waals surface area contributed by atoms with Crippen LogP contribution in [0.25, 0.3) is 0 Å². The van der Waals surface area contributed by atoms with Gasteiger partial charge in [0.05, 0.1) is 12.8 Å². The highest BCUT2D eigenvalue weighted by atomic mass is 19.1. The fraction of sp³-hybridized carbons (Fsp3) is 0.136. The maximum absolute atomic E-state index is 13.7. The molecule has 0 fully saturated rings. The van der Waals surface area contributed by atoms with Gasteiger partial charge in [0.1, 0.15) is 12.4 Å². The van der Waals surface area contributed by atoms with E-state index in [0.717, 1.165) is 11.3 Å². The van der Waals surface area contributed by atoms with E-state index in [-0.39, 0.29) is 12.4 Å². The topological polar surface area (TPSA) is 30.8 Å². The van der Waals surface area contributed by atoms with Crippen LogP contribution in [-0.2, 0) is 6.61 Å². The molecule has 0 aliphatic heterocycles. The van der Waals surface area contributed by atoms with Gasteiger partial charge in [-0.25, -0.2) is 4.39 Å². The van der Waals surface area contributed by atoms with Gasteiger partial charge >= 0.3 is 0 Å². The summed E-state index contributed by atoms with van der Waals surface area (Å²) in [5.74, 6) is 0.853. The molecule has 4 heteroatoms. The zero-order valence-corrected chi connectivity index (χ0v) is 14.8. The number of benzene rings is 3. The summed E-state index contributed by atoms with van der Waals surface area (Å²) in [6.45, 7) is 2.18. The highest BCUT2D eigenvalue weighted by molar-refractivity contribution is 5.83. The monoisotopic (exact) mass is 349 g/mol. The maximum Gasteiger partial charge on any atom is 0.161 e. The van der Waals surface area contributed by atoms with E-state index in [4.69, 9.17) is 9.47 Å². The minimum atomic E-state index is -0.284. The highest BCUT2D eigenvalue weighted by Crippen LogP contribution is 2.29. The molecule has 0 aliphatic carbocycles. The standard InChI is InChI=1S/C22H20FNO2/c1-16-7-10-19(11-8-16)24-14-17-9-12-21(22(13-17)25-2)26-15-18-5-3-4-6-20(18)23/h3-14H,15H2,1-2H3. The predicted molar refractivity (Wildman–Crippen MR) is 102 cm³/mol.